The number of benzene rings is 1. The van der Waals surface area contributed by atoms with Gasteiger partial charge in [-0.15, -0.1) is 0 Å². The number of fused-ring (bicyclic) bond motifs is 1. The Morgan fingerprint density at radius 1 is 1.15 bits per heavy atom. The minimum Gasteiger partial charge on any atom is -0.465 e. The van der Waals surface area contributed by atoms with Gasteiger partial charge in [0.1, 0.15) is 5.69 Å². The normalized spacial score (nSPS) is 13.3. The van der Waals surface area contributed by atoms with E-state index in [1.807, 2.05) is 24.3 Å². The molecule has 0 fully saturated rings. The van der Waals surface area contributed by atoms with Crippen LogP contribution in [-0.4, -0.2) is 33.6 Å². The van der Waals surface area contributed by atoms with Gasteiger partial charge in [0.05, 0.1) is 29.6 Å². The summed E-state index contributed by atoms with van der Waals surface area (Å²) in [5, 5.41) is 4.72. The first-order valence-corrected chi connectivity index (χ1v) is 8.43. The summed E-state index contributed by atoms with van der Waals surface area (Å²) >= 11 is 0. The number of ketones is 1. The highest BCUT2D eigenvalue weighted by molar-refractivity contribution is 6.03. The van der Waals surface area contributed by atoms with E-state index in [-0.39, 0.29) is 11.8 Å². The molecule has 0 unspecified atom stereocenters. The van der Waals surface area contributed by atoms with Crippen LogP contribution in [0.3, 0.4) is 0 Å². The Bertz CT molecular complexity index is 976. The van der Waals surface area contributed by atoms with E-state index in [1.165, 1.54) is 7.11 Å². The lowest BCUT2D eigenvalue weighted by molar-refractivity contribution is 0.0600. The number of pyridine rings is 1. The number of methoxy groups -OCH3 is 1. The van der Waals surface area contributed by atoms with Gasteiger partial charge in [-0.2, -0.15) is 5.10 Å². The Morgan fingerprint density at radius 2 is 1.96 bits per heavy atom. The summed E-state index contributed by atoms with van der Waals surface area (Å²) < 4.78 is 6.54. The fraction of sp³-hybridized carbons (Fsp3) is 0.200. The number of ether oxygens (including phenoxy) is 1. The monoisotopic (exact) mass is 347 g/mol. The Labute approximate surface area is 150 Å². The molecule has 2 aromatic heterocycles. The zero-order valence-electron chi connectivity index (χ0n) is 14.3. The molecule has 0 spiro atoms. The van der Waals surface area contributed by atoms with Gasteiger partial charge in [-0.25, -0.2) is 9.48 Å². The third-order valence-electron chi connectivity index (χ3n) is 4.55. The molecule has 4 rings (SSSR count). The smallest absolute Gasteiger partial charge is 0.337 e. The topological polar surface area (TPSA) is 74.1 Å². The van der Waals surface area contributed by atoms with Gasteiger partial charge in [0.25, 0.3) is 0 Å². The van der Waals surface area contributed by atoms with Crippen LogP contribution in [0.15, 0.2) is 48.8 Å². The van der Waals surface area contributed by atoms with Crippen LogP contribution in [0.25, 0.3) is 16.9 Å². The van der Waals surface area contributed by atoms with Crippen LogP contribution in [0.4, 0.5) is 0 Å². The van der Waals surface area contributed by atoms with Gasteiger partial charge in [0.15, 0.2) is 5.78 Å². The molecule has 6 nitrogen and oxygen atoms in total. The number of carbonyl (C=O) groups excluding carboxylic acids is 2. The molecule has 0 saturated carbocycles. The van der Waals surface area contributed by atoms with E-state index < -0.39 is 0 Å². The summed E-state index contributed by atoms with van der Waals surface area (Å²) in [4.78, 5) is 28.3. The molecule has 0 N–H and O–H groups in total. The maximum absolute atomic E-state index is 12.6. The summed E-state index contributed by atoms with van der Waals surface area (Å²) in [6, 6.07) is 10.8. The molecular formula is C20H17N3O3. The van der Waals surface area contributed by atoms with Crippen LogP contribution in [0.2, 0.25) is 0 Å². The Hall–Kier alpha value is -3.28. The largest absolute Gasteiger partial charge is 0.465 e. The number of Topliss-reactive ketones (excluding diaryl/α,β-unsaturated/α-hetero) is 1. The second-order valence-electron chi connectivity index (χ2n) is 6.14. The molecule has 1 aliphatic carbocycles. The molecule has 1 aromatic carbocycles. The van der Waals surface area contributed by atoms with Crippen molar-refractivity contribution in [1.29, 1.82) is 0 Å². The van der Waals surface area contributed by atoms with Gasteiger partial charge in [-0.3, -0.25) is 9.78 Å². The summed E-state index contributed by atoms with van der Waals surface area (Å²) in [7, 11) is 1.35. The van der Waals surface area contributed by atoms with Crippen molar-refractivity contribution in [2.24, 2.45) is 0 Å². The van der Waals surface area contributed by atoms with Crippen LogP contribution >= 0.6 is 0 Å². The van der Waals surface area contributed by atoms with E-state index in [9.17, 15) is 9.59 Å². The Balaban J connectivity index is 1.85. The first-order chi connectivity index (χ1) is 12.7. The quantitative estimate of drug-likeness (QED) is 0.680. The van der Waals surface area contributed by atoms with Crippen molar-refractivity contribution in [3.8, 4) is 16.9 Å². The van der Waals surface area contributed by atoms with Gasteiger partial charge in [0, 0.05) is 24.4 Å². The minimum absolute atomic E-state index is 0.113. The molecule has 2 heterocycles. The molecular weight excluding hydrogens is 330 g/mol. The minimum atomic E-state index is -0.384. The van der Waals surface area contributed by atoms with Gasteiger partial charge < -0.3 is 4.74 Å². The second kappa shape index (κ2) is 6.55. The molecule has 0 bridgehead atoms. The molecule has 6 heteroatoms. The number of nitrogens with zero attached hydrogens (tertiary/aromatic N) is 3. The summed E-state index contributed by atoms with van der Waals surface area (Å²) in [6.45, 7) is 0. The van der Waals surface area contributed by atoms with Crippen molar-refractivity contribution >= 4 is 11.8 Å². The van der Waals surface area contributed by atoms with Crippen molar-refractivity contribution in [3.05, 3.63) is 65.6 Å². The first kappa shape index (κ1) is 16.2. The Kier molecular flexibility index (Phi) is 4.08. The van der Waals surface area contributed by atoms with Crippen LogP contribution in [0.5, 0.6) is 0 Å². The predicted octanol–water partition coefficient (Wildman–Crippen LogP) is 3.24. The zero-order valence-corrected chi connectivity index (χ0v) is 14.3. The van der Waals surface area contributed by atoms with Crippen molar-refractivity contribution in [1.82, 2.24) is 14.8 Å². The number of hydrogen-bond donors (Lipinski definition) is 0. The zero-order chi connectivity index (χ0) is 18.1. The summed E-state index contributed by atoms with van der Waals surface area (Å²) in [5.41, 5.74) is 4.35. The standard InChI is InChI=1S/C20H17N3O3/c1-26-20(25)13-7-9-15(10-8-13)23-16-5-2-6-17(24)18(16)19(22-23)14-4-3-11-21-12-14/h3-4,7-12H,2,5-6H2,1H3. The number of aromatic nitrogens is 3. The lowest BCUT2D eigenvalue weighted by atomic mass is 9.92. The lowest BCUT2D eigenvalue weighted by Crippen LogP contribution is -2.13. The number of rotatable bonds is 3. The van der Waals surface area contributed by atoms with Crippen molar-refractivity contribution in [2.45, 2.75) is 19.3 Å². The lowest BCUT2D eigenvalue weighted by Gasteiger charge is -2.13. The van der Waals surface area contributed by atoms with Crippen LogP contribution < -0.4 is 0 Å². The van der Waals surface area contributed by atoms with Crippen molar-refractivity contribution in [3.63, 3.8) is 0 Å². The third kappa shape index (κ3) is 2.69. The average Bonchev–Trinajstić information content (AvgIpc) is 3.09. The predicted molar refractivity (Wildman–Crippen MR) is 95.4 cm³/mol. The maximum atomic E-state index is 12.6. The highest BCUT2D eigenvalue weighted by Crippen LogP contribution is 2.32. The number of hydrogen-bond acceptors (Lipinski definition) is 5. The summed E-state index contributed by atoms with van der Waals surface area (Å²) in [5.74, 6) is -0.271. The van der Waals surface area contributed by atoms with E-state index in [2.05, 4.69) is 4.98 Å². The molecule has 3 aromatic rings. The van der Waals surface area contributed by atoms with E-state index in [4.69, 9.17) is 9.84 Å². The first-order valence-electron chi connectivity index (χ1n) is 8.43. The molecule has 0 amide bonds. The van der Waals surface area contributed by atoms with Gasteiger partial charge in [0.2, 0.25) is 0 Å². The highest BCUT2D eigenvalue weighted by Gasteiger charge is 2.28. The number of carbonyl (C=O) groups is 2. The van der Waals surface area contributed by atoms with Crippen LogP contribution in [0.1, 0.15) is 39.3 Å². The van der Waals surface area contributed by atoms with Gasteiger partial charge in [-0.05, 0) is 49.2 Å². The fourth-order valence-corrected chi connectivity index (χ4v) is 3.29. The average molecular weight is 347 g/mol. The third-order valence-corrected chi connectivity index (χ3v) is 4.55. The Morgan fingerprint density at radius 3 is 2.65 bits per heavy atom. The van der Waals surface area contributed by atoms with E-state index in [0.29, 0.717) is 23.2 Å². The van der Waals surface area contributed by atoms with Crippen LogP contribution in [-0.2, 0) is 11.2 Å². The molecule has 0 radical (unpaired) electrons. The summed E-state index contributed by atoms with van der Waals surface area (Å²) in [6.07, 6.45) is 5.54. The molecule has 26 heavy (non-hydrogen) atoms. The van der Waals surface area contributed by atoms with Gasteiger partial charge >= 0.3 is 5.97 Å². The maximum Gasteiger partial charge on any atom is 0.337 e. The molecule has 1 aliphatic rings. The van der Waals surface area contributed by atoms with E-state index in [0.717, 1.165) is 29.8 Å². The fourth-order valence-electron chi connectivity index (χ4n) is 3.29. The van der Waals surface area contributed by atoms with Crippen molar-refractivity contribution < 1.29 is 14.3 Å². The van der Waals surface area contributed by atoms with Crippen molar-refractivity contribution in [2.75, 3.05) is 7.11 Å². The van der Waals surface area contributed by atoms with E-state index >= 15 is 0 Å². The molecule has 0 atom stereocenters. The number of esters is 1. The highest BCUT2D eigenvalue weighted by atomic mass is 16.5. The molecule has 130 valence electrons. The van der Waals surface area contributed by atoms with Crippen LogP contribution in [0, 0.1) is 0 Å². The second-order valence-corrected chi connectivity index (χ2v) is 6.14. The molecule has 0 aliphatic heterocycles. The van der Waals surface area contributed by atoms with Gasteiger partial charge in [-0.1, -0.05) is 0 Å². The molecule has 0 saturated heterocycles. The van der Waals surface area contributed by atoms with E-state index in [1.54, 1.807) is 29.2 Å². The SMILES string of the molecule is COC(=O)c1ccc(-n2nc(-c3cccnc3)c3c2CCCC3=O)cc1.